The Morgan fingerprint density at radius 1 is 1.12 bits per heavy atom. The van der Waals surface area contributed by atoms with Crippen molar-refractivity contribution in [2.45, 2.75) is 32.2 Å². The van der Waals surface area contributed by atoms with Gasteiger partial charge in [-0.25, -0.2) is 9.37 Å². The molecule has 7 heteroatoms. The molecule has 0 aliphatic heterocycles. The Kier molecular flexibility index (Phi) is 4.43. The summed E-state index contributed by atoms with van der Waals surface area (Å²) in [6, 6.07) is 9.63. The average molecular weight is 351 g/mol. The lowest BCUT2D eigenvalue weighted by molar-refractivity contribution is -0.116. The number of carbonyl (C=O) groups is 1. The Labute approximate surface area is 150 Å². The van der Waals surface area contributed by atoms with Crippen LogP contribution in [0.3, 0.4) is 0 Å². The number of anilines is 1. The zero-order chi connectivity index (χ0) is 17.9. The maximum Gasteiger partial charge on any atom is 0.245 e. The zero-order valence-corrected chi connectivity index (χ0v) is 14.2. The van der Waals surface area contributed by atoms with Gasteiger partial charge < -0.3 is 9.88 Å². The van der Waals surface area contributed by atoms with Crippen LogP contribution < -0.4 is 5.32 Å². The van der Waals surface area contributed by atoms with Gasteiger partial charge in [0.2, 0.25) is 5.91 Å². The quantitative estimate of drug-likeness (QED) is 0.784. The molecule has 0 atom stereocenters. The van der Waals surface area contributed by atoms with Crippen molar-refractivity contribution in [3.05, 3.63) is 59.9 Å². The van der Waals surface area contributed by atoms with E-state index in [0.717, 1.165) is 37.1 Å². The summed E-state index contributed by atoms with van der Waals surface area (Å²) in [5.74, 6) is -0.212. The lowest BCUT2D eigenvalue weighted by Gasteiger charge is -2.13. The van der Waals surface area contributed by atoms with E-state index in [1.165, 1.54) is 6.07 Å². The molecule has 2 heterocycles. The van der Waals surface area contributed by atoms with E-state index in [2.05, 4.69) is 20.5 Å². The second kappa shape index (κ2) is 7.03. The Morgan fingerprint density at radius 3 is 2.77 bits per heavy atom. The van der Waals surface area contributed by atoms with Crippen molar-refractivity contribution in [2.24, 2.45) is 0 Å². The molecule has 0 saturated heterocycles. The number of aryl methyl sites for hydroxylation is 1. The lowest BCUT2D eigenvalue weighted by Crippen LogP contribution is -2.21. The van der Waals surface area contributed by atoms with Gasteiger partial charge in [-0.2, -0.15) is 0 Å². The summed E-state index contributed by atoms with van der Waals surface area (Å²) in [6.07, 6.45) is 5.94. The summed E-state index contributed by atoms with van der Waals surface area (Å²) < 4.78 is 15.7. The predicted octanol–water partition coefficient (Wildman–Crippen LogP) is 3.00. The van der Waals surface area contributed by atoms with Crippen LogP contribution in [0.25, 0.3) is 11.3 Å². The number of rotatable bonds is 4. The molecule has 6 nitrogen and oxygen atoms in total. The third-order valence-corrected chi connectivity index (χ3v) is 4.51. The van der Waals surface area contributed by atoms with Gasteiger partial charge >= 0.3 is 0 Å². The van der Waals surface area contributed by atoms with Gasteiger partial charge in [0.25, 0.3) is 0 Å². The molecule has 132 valence electrons. The molecule has 1 N–H and O–H groups in total. The van der Waals surface area contributed by atoms with E-state index in [4.69, 9.17) is 0 Å². The van der Waals surface area contributed by atoms with E-state index in [1.807, 2.05) is 4.57 Å². The largest absolute Gasteiger partial charge is 0.325 e. The van der Waals surface area contributed by atoms with Crippen LogP contribution in [0.5, 0.6) is 0 Å². The molecule has 26 heavy (non-hydrogen) atoms. The number of fused-ring (bicyclic) bond motifs is 1. The Morgan fingerprint density at radius 2 is 1.96 bits per heavy atom. The smallest absolute Gasteiger partial charge is 0.245 e. The molecule has 0 bridgehead atoms. The third-order valence-electron chi connectivity index (χ3n) is 4.51. The number of hydrogen-bond donors (Lipinski definition) is 1. The molecular formula is C19H18FN5O. The molecule has 0 spiro atoms. The number of nitrogens with zero attached hydrogens (tertiary/aromatic N) is 4. The number of carbonyl (C=O) groups excluding carboxylic acids is 1. The highest BCUT2D eigenvalue weighted by Crippen LogP contribution is 2.21. The highest BCUT2D eigenvalue weighted by molar-refractivity contribution is 5.89. The molecule has 1 aliphatic carbocycles. The zero-order valence-electron chi connectivity index (χ0n) is 14.2. The van der Waals surface area contributed by atoms with Crippen LogP contribution in [-0.4, -0.2) is 25.7 Å². The fourth-order valence-corrected chi connectivity index (χ4v) is 3.22. The van der Waals surface area contributed by atoms with E-state index < -0.39 is 0 Å². The molecule has 0 fully saturated rings. The standard InChI is InChI=1S/C19H18FN5O/c20-14-6-2-1-5-13(14)15-9-10-18(24-23-15)22-19(26)11-25-12-21-16-7-3-4-8-17(16)25/h1-2,5-6,9-10,12H,3-4,7-8,11H2,(H,22,24,26). The molecule has 1 aromatic carbocycles. The van der Waals surface area contributed by atoms with Gasteiger partial charge in [0.1, 0.15) is 12.4 Å². The first-order valence-electron chi connectivity index (χ1n) is 8.62. The third kappa shape index (κ3) is 3.33. The van der Waals surface area contributed by atoms with Crippen molar-refractivity contribution >= 4 is 11.7 Å². The first-order chi connectivity index (χ1) is 12.7. The van der Waals surface area contributed by atoms with Crippen molar-refractivity contribution in [1.82, 2.24) is 19.7 Å². The topological polar surface area (TPSA) is 72.7 Å². The van der Waals surface area contributed by atoms with Crippen LogP contribution in [0.1, 0.15) is 24.2 Å². The molecule has 1 amide bonds. The Hall–Kier alpha value is -3.09. The van der Waals surface area contributed by atoms with Crippen molar-refractivity contribution in [1.29, 1.82) is 0 Å². The Balaban J connectivity index is 1.43. The SMILES string of the molecule is O=C(Cn1cnc2c1CCCC2)Nc1ccc(-c2ccccc2F)nn1. The monoisotopic (exact) mass is 351 g/mol. The summed E-state index contributed by atoms with van der Waals surface area (Å²) in [6.45, 7) is 0.194. The highest BCUT2D eigenvalue weighted by Gasteiger charge is 2.17. The number of aromatic nitrogens is 4. The first kappa shape index (κ1) is 16.4. The minimum Gasteiger partial charge on any atom is -0.325 e. The maximum absolute atomic E-state index is 13.8. The van der Waals surface area contributed by atoms with Gasteiger partial charge in [-0.15, -0.1) is 10.2 Å². The number of imidazole rings is 1. The highest BCUT2D eigenvalue weighted by atomic mass is 19.1. The predicted molar refractivity (Wildman–Crippen MR) is 94.9 cm³/mol. The van der Waals surface area contributed by atoms with Gasteiger partial charge in [0.15, 0.2) is 5.82 Å². The van der Waals surface area contributed by atoms with Crippen LogP contribution in [0.15, 0.2) is 42.7 Å². The summed E-state index contributed by atoms with van der Waals surface area (Å²) in [5.41, 5.74) is 3.04. The number of amides is 1. The molecule has 1 aliphatic rings. The van der Waals surface area contributed by atoms with E-state index in [0.29, 0.717) is 17.1 Å². The van der Waals surface area contributed by atoms with Crippen LogP contribution in [0.2, 0.25) is 0 Å². The van der Waals surface area contributed by atoms with E-state index >= 15 is 0 Å². The fraction of sp³-hybridized carbons (Fsp3) is 0.263. The summed E-state index contributed by atoms with van der Waals surface area (Å²) in [5, 5.41) is 10.7. The summed E-state index contributed by atoms with van der Waals surface area (Å²) >= 11 is 0. The van der Waals surface area contributed by atoms with Crippen LogP contribution in [0, 0.1) is 5.82 Å². The second-order valence-corrected chi connectivity index (χ2v) is 6.30. The van der Waals surface area contributed by atoms with Crippen molar-refractivity contribution < 1.29 is 9.18 Å². The molecule has 0 radical (unpaired) electrons. The van der Waals surface area contributed by atoms with Gasteiger partial charge in [0, 0.05) is 11.3 Å². The van der Waals surface area contributed by atoms with Gasteiger partial charge in [0.05, 0.1) is 17.7 Å². The van der Waals surface area contributed by atoms with E-state index in [1.54, 1.807) is 36.7 Å². The van der Waals surface area contributed by atoms with Crippen molar-refractivity contribution in [3.8, 4) is 11.3 Å². The molecule has 3 aromatic rings. The number of benzene rings is 1. The van der Waals surface area contributed by atoms with E-state index in [9.17, 15) is 9.18 Å². The minimum atomic E-state index is -0.358. The number of halogens is 1. The van der Waals surface area contributed by atoms with Gasteiger partial charge in [-0.3, -0.25) is 4.79 Å². The summed E-state index contributed by atoms with van der Waals surface area (Å²) in [7, 11) is 0. The average Bonchev–Trinajstić information content (AvgIpc) is 3.06. The van der Waals surface area contributed by atoms with Gasteiger partial charge in [-0.1, -0.05) is 12.1 Å². The molecule has 2 aromatic heterocycles. The van der Waals surface area contributed by atoms with Crippen molar-refractivity contribution in [3.63, 3.8) is 0 Å². The lowest BCUT2D eigenvalue weighted by atomic mass is 10.0. The fourth-order valence-electron chi connectivity index (χ4n) is 3.22. The van der Waals surface area contributed by atoms with Crippen LogP contribution in [0.4, 0.5) is 10.2 Å². The molecule has 4 rings (SSSR count). The van der Waals surface area contributed by atoms with Crippen molar-refractivity contribution in [2.75, 3.05) is 5.32 Å². The van der Waals surface area contributed by atoms with Gasteiger partial charge in [-0.05, 0) is 49.9 Å². The molecule has 0 saturated carbocycles. The number of nitrogens with one attached hydrogen (secondary N) is 1. The first-order valence-corrected chi connectivity index (χ1v) is 8.62. The van der Waals surface area contributed by atoms with Crippen LogP contribution in [-0.2, 0) is 24.2 Å². The minimum absolute atomic E-state index is 0.191. The second-order valence-electron chi connectivity index (χ2n) is 6.30. The molecular weight excluding hydrogens is 333 g/mol. The maximum atomic E-state index is 13.8. The normalized spacial score (nSPS) is 13.3. The van der Waals surface area contributed by atoms with Crippen LogP contribution >= 0.6 is 0 Å². The summed E-state index contributed by atoms with van der Waals surface area (Å²) in [4.78, 5) is 16.7. The number of hydrogen-bond acceptors (Lipinski definition) is 4. The van der Waals surface area contributed by atoms with E-state index in [-0.39, 0.29) is 18.3 Å². The molecule has 0 unspecified atom stereocenters. The Bertz CT molecular complexity index is 935.